The number of aryl methyl sites for hydroxylation is 1. The zero-order valence-corrected chi connectivity index (χ0v) is 12.9. The van der Waals surface area contributed by atoms with Gasteiger partial charge in [-0.1, -0.05) is 36.7 Å². The average Bonchev–Trinajstić information content (AvgIpc) is 2.47. The molecule has 0 saturated carbocycles. The van der Waals surface area contributed by atoms with Gasteiger partial charge in [-0.15, -0.1) is 0 Å². The lowest BCUT2D eigenvalue weighted by Crippen LogP contribution is -2.30. The SMILES string of the molecule is CCc1cccc(NC(=O)[C@H](C)Oc2cccc(Cl)c2)c1. The highest BCUT2D eigenvalue weighted by atomic mass is 35.5. The second kappa shape index (κ2) is 7.14. The van der Waals surface area contributed by atoms with Crippen molar-refractivity contribution in [2.45, 2.75) is 26.4 Å². The first kappa shape index (κ1) is 15.4. The van der Waals surface area contributed by atoms with E-state index < -0.39 is 6.10 Å². The fourth-order valence-corrected chi connectivity index (χ4v) is 2.09. The van der Waals surface area contributed by atoms with E-state index in [0.717, 1.165) is 12.1 Å². The molecule has 2 aromatic carbocycles. The maximum atomic E-state index is 12.1. The van der Waals surface area contributed by atoms with Crippen molar-refractivity contribution in [3.8, 4) is 5.75 Å². The molecule has 2 aromatic rings. The number of hydrogen-bond acceptors (Lipinski definition) is 2. The molecule has 2 rings (SSSR count). The van der Waals surface area contributed by atoms with E-state index in [4.69, 9.17) is 16.3 Å². The summed E-state index contributed by atoms with van der Waals surface area (Å²) in [4.78, 5) is 12.1. The monoisotopic (exact) mass is 303 g/mol. The number of carbonyl (C=O) groups is 1. The standard InChI is InChI=1S/C17H18ClNO2/c1-3-13-6-4-8-15(10-13)19-17(20)12(2)21-16-9-5-7-14(18)11-16/h4-12H,3H2,1-2H3,(H,19,20)/t12-/m0/s1. The molecule has 0 fully saturated rings. The van der Waals surface area contributed by atoms with E-state index >= 15 is 0 Å². The largest absolute Gasteiger partial charge is 0.481 e. The Morgan fingerprint density at radius 2 is 2.00 bits per heavy atom. The van der Waals surface area contributed by atoms with E-state index in [2.05, 4.69) is 12.2 Å². The van der Waals surface area contributed by atoms with Crippen LogP contribution in [0, 0.1) is 0 Å². The van der Waals surface area contributed by atoms with Gasteiger partial charge in [0.1, 0.15) is 5.75 Å². The van der Waals surface area contributed by atoms with E-state index in [1.165, 1.54) is 5.56 Å². The van der Waals surface area contributed by atoms with Crippen molar-refractivity contribution in [3.05, 3.63) is 59.1 Å². The highest BCUT2D eigenvalue weighted by Gasteiger charge is 2.15. The van der Waals surface area contributed by atoms with Gasteiger partial charge in [-0.25, -0.2) is 0 Å². The van der Waals surface area contributed by atoms with E-state index in [1.54, 1.807) is 31.2 Å². The summed E-state index contributed by atoms with van der Waals surface area (Å²) in [6.45, 7) is 3.78. The van der Waals surface area contributed by atoms with Crippen molar-refractivity contribution in [2.75, 3.05) is 5.32 Å². The van der Waals surface area contributed by atoms with Crippen LogP contribution in [0.5, 0.6) is 5.75 Å². The lowest BCUT2D eigenvalue weighted by Gasteiger charge is -2.15. The van der Waals surface area contributed by atoms with Gasteiger partial charge < -0.3 is 10.1 Å². The molecular weight excluding hydrogens is 286 g/mol. The van der Waals surface area contributed by atoms with Crippen molar-refractivity contribution >= 4 is 23.2 Å². The van der Waals surface area contributed by atoms with Crippen LogP contribution in [-0.4, -0.2) is 12.0 Å². The van der Waals surface area contributed by atoms with Gasteiger partial charge in [0.25, 0.3) is 5.91 Å². The number of carbonyl (C=O) groups excluding carboxylic acids is 1. The smallest absolute Gasteiger partial charge is 0.265 e. The maximum Gasteiger partial charge on any atom is 0.265 e. The molecule has 0 heterocycles. The van der Waals surface area contributed by atoms with Crippen LogP contribution in [0.25, 0.3) is 0 Å². The molecule has 0 radical (unpaired) electrons. The van der Waals surface area contributed by atoms with Gasteiger partial charge in [0, 0.05) is 10.7 Å². The zero-order valence-electron chi connectivity index (χ0n) is 12.1. The van der Waals surface area contributed by atoms with Crippen molar-refractivity contribution in [1.29, 1.82) is 0 Å². The van der Waals surface area contributed by atoms with Crippen LogP contribution in [0.15, 0.2) is 48.5 Å². The fraction of sp³-hybridized carbons (Fsp3) is 0.235. The molecule has 0 aromatic heterocycles. The second-order valence-electron chi connectivity index (χ2n) is 4.76. The first-order valence-electron chi connectivity index (χ1n) is 6.90. The molecule has 110 valence electrons. The van der Waals surface area contributed by atoms with Gasteiger partial charge in [-0.05, 0) is 49.2 Å². The topological polar surface area (TPSA) is 38.3 Å². The van der Waals surface area contributed by atoms with E-state index in [9.17, 15) is 4.79 Å². The van der Waals surface area contributed by atoms with Crippen LogP contribution in [-0.2, 0) is 11.2 Å². The molecule has 1 N–H and O–H groups in total. The Labute approximate surface area is 129 Å². The third-order valence-electron chi connectivity index (χ3n) is 3.08. The van der Waals surface area contributed by atoms with Crippen LogP contribution in [0.1, 0.15) is 19.4 Å². The fourth-order valence-electron chi connectivity index (χ4n) is 1.91. The van der Waals surface area contributed by atoms with E-state index in [-0.39, 0.29) is 5.91 Å². The third-order valence-corrected chi connectivity index (χ3v) is 3.32. The molecular formula is C17H18ClNO2. The Morgan fingerprint density at radius 3 is 2.71 bits per heavy atom. The van der Waals surface area contributed by atoms with E-state index in [0.29, 0.717) is 10.8 Å². The molecule has 0 spiro atoms. The Balaban J connectivity index is 1.99. The zero-order chi connectivity index (χ0) is 15.2. The summed E-state index contributed by atoms with van der Waals surface area (Å²) in [5.74, 6) is 0.385. The number of rotatable bonds is 5. The van der Waals surface area contributed by atoms with E-state index in [1.807, 2.05) is 24.3 Å². The average molecular weight is 304 g/mol. The summed E-state index contributed by atoms with van der Waals surface area (Å²) in [7, 11) is 0. The molecule has 0 unspecified atom stereocenters. The van der Waals surface area contributed by atoms with Crippen molar-refractivity contribution < 1.29 is 9.53 Å². The molecule has 21 heavy (non-hydrogen) atoms. The van der Waals surface area contributed by atoms with Crippen LogP contribution in [0.4, 0.5) is 5.69 Å². The first-order chi connectivity index (χ1) is 10.1. The lowest BCUT2D eigenvalue weighted by molar-refractivity contribution is -0.122. The minimum absolute atomic E-state index is 0.191. The minimum atomic E-state index is -0.603. The van der Waals surface area contributed by atoms with Crippen LogP contribution >= 0.6 is 11.6 Å². The van der Waals surface area contributed by atoms with Gasteiger partial charge in [0.2, 0.25) is 0 Å². The first-order valence-corrected chi connectivity index (χ1v) is 7.28. The summed E-state index contributed by atoms with van der Waals surface area (Å²) < 4.78 is 5.59. The van der Waals surface area contributed by atoms with Crippen LogP contribution < -0.4 is 10.1 Å². The van der Waals surface area contributed by atoms with Gasteiger partial charge >= 0.3 is 0 Å². The number of benzene rings is 2. The molecule has 4 heteroatoms. The predicted molar refractivity (Wildman–Crippen MR) is 86.0 cm³/mol. The number of ether oxygens (including phenoxy) is 1. The molecule has 0 saturated heterocycles. The van der Waals surface area contributed by atoms with Gasteiger partial charge in [0.15, 0.2) is 6.10 Å². The number of nitrogens with one attached hydrogen (secondary N) is 1. The number of hydrogen-bond donors (Lipinski definition) is 1. The number of halogens is 1. The minimum Gasteiger partial charge on any atom is -0.481 e. The summed E-state index contributed by atoms with van der Waals surface area (Å²) in [6.07, 6.45) is 0.326. The highest BCUT2D eigenvalue weighted by molar-refractivity contribution is 6.30. The molecule has 1 amide bonds. The lowest BCUT2D eigenvalue weighted by atomic mass is 10.1. The number of anilines is 1. The summed E-state index contributed by atoms with van der Waals surface area (Å²) in [5.41, 5.74) is 1.96. The maximum absolute atomic E-state index is 12.1. The third kappa shape index (κ3) is 4.50. The summed E-state index contributed by atoms with van der Waals surface area (Å²) in [5, 5.41) is 3.43. The van der Waals surface area contributed by atoms with Gasteiger partial charge in [-0.3, -0.25) is 4.79 Å². The Kier molecular flexibility index (Phi) is 5.23. The Bertz CT molecular complexity index is 628. The van der Waals surface area contributed by atoms with Gasteiger partial charge in [0.05, 0.1) is 0 Å². The van der Waals surface area contributed by atoms with Crippen LogP contribution in [0.3, 0.4) is 0 Å². The molecule has 0 aliphatic heterocycles. The Hall–Kier alpha value is -2.00. The summed E-state index contributed by atoms with van der Waals surface area (Å²) in [6, 6.07) is 14.8. The molecule has 0 aliphatic carbocycles. The van der Waals surface area contributed by atoms with Crippen LogP contribution in [0.2, 0.25) is 5.02 Å². The predicted octanol–water partition coefficient (Wildman–Crippen LogP) is 4.31. The normalized spacial score (nSPS) is 11.8. The van der Waals surface area contributed by atoms with Crippen molar-refractivity contribution in [1.82, 2.24) is 0 Å². The van der Waals surface area contributed by atoms with Crippen molar-refractivity contribution in [3.63, 3.8) is 0 Å². The van der Waals surface area contributed by atoms with Crippen molar-refractivity contribution in [2.24, 2.45) is 0 Å². The quantitative estimate of drug-likeness (QED) is 0.894. The molecule has 1 atom stereocenters. The second-order valence-corrected chi connectivity index (χ2v) is 5.20. The Morgan fingerprint density at radius 1 is 1.24 bits per heavy atom. The summed E-state index contributed by atoms with van der Waals surface area (Å²) >= 11 is 5.89. The molecule has 0 aliphatic rings. The number of amides is 1. The van der Waals surface area contributed by atoms with Gasteiger partial charge in [-0.2, -0.15) is 0 Å². The molecule has 0 bridgehead atoms. The molecule has 3 nitrogen and oxygen atoms in total. The highest BCUT2D eigenvalue weighted by Crippen LogP contribution is 2.19.